The molecule has 48 heavy (non-hydrogen) atoms. The highest BCUT2D eigenvalue weighted by Gasteiger charge is 2.58. The van der Waals surface area contributed by atoms with Gasteiger partial charge in [-0.05, 0) is 131 Å². The molecular formula is C47H47N. The molecule has 0 aliphatic heterocycles. The fourth-order valence-corrected chi connectivity index (χ4v) is 12.0. The number of para-hydroxylation sites is 1. The Morgan fingerprint density at radius 2 is 1.21 bits per heavy atom. The van der Waals surface area contributed by atoms with Crippen LogP contribution in [0.4, 0.5) is 17.1 Å². The van der Waals surface area contributed by atoms with Crippen LogP contribution in [0.25, 0.3) is 22.3 Å². The molecule has 5 aliphatic carbocycles. The van der Waals surface area contributed by atoms with Crippen molar-refractivity contribution < 1.29 is 0 Å². The highest BCUT2D eigenvalue weighted by atomic mass is 15.1. The third kappa shape index (κ3) is 3.85. The minimum absolute atomic E-state index is 0.0804. The van der Waals surface area contributed by atoms with Gasteiger partial charge >= 0.3 is 0 Å². The molecule has 2 unspecified atom stereocenters. The first-order valence-electron chi connectivity index (χ1n) is 19.1. The van der Waals surface area contributed by atoms with Crippen molar-refractivity contribution in [1.29, 1.82) is 0 Å². The molecule has 3 saturated carbocycles. The predicted molar refractivity (Wildman–Crippen MR) is 200 cm³/mol. The van der Waals surface area contributed by atoms with E-state index in [0.29, 0.717) is 11.8 Å². The molecular weight excluding hydrogens is 579 g/mol. The lowest BCUT2D eigenvalue weighted by molar-refractivity contribution is 0.0495. The molecule has 5 aromatic rings. The van der Waals surface area contributed by atoms with Crippen LogP contribution < -0.4 is 4.90 Å². The van der Waals surface area contributed by atoms with Crippen molar-refractivity contribution in [3.05, 3.63) is 138 Å². The SMILES string of the molecule is CCC1CC2CCCC(C1)C21c2ccccc2-c2cccc(N(c3ccccc3)c3ccc4c(c3)C3(CCCCC3)c3ccccc3-4)c21. The number of rotatable bonds is 4. The summed E-state index contributed by atoms with van der Waals surface area (Å²) in [5, 5.41) is 0. The van der Waals surface area contributed by atoms with Crippen molar-refractivity contribution in [1.82, 2.24) is 0 Å². The van der Waals surface area contributed by atoms with Gasteiger partial charge in [-0.1, -0.05) is 124 Å². The van der Waals surface area contributed by atoms with Gasteiger partial charge < -0.3 is 4.90 Å². The first-order chi connectivity index (χ1) is 23.7. The summed E-state index contributed by atoms with van der Waals surface area (Å²) in [6.07, 6.45) is 14.6. The van der Waals surface area contributed by atoms with Gasteiger partial charge in [0, 0.05) is 22.2 Å². The van der Waals surface area contributed by atoms with Crippen LogP contribution >= 0.6 is 0 Å². The second kappa shape index (κ2) is 11.0. The maximum absolute atomic E-state index is 2.66. The lowest BCUT2D eigenvalue weighted by Crippen LogP contribution is -2.50. The molecule has 2 atom stereocenters. The van der Waals surface area contributed by atoms with Gasteiger partial charge in [-0.15, -0.1) is 0 Å². The molecule has 2 spiro atoms. The summed E-state index contributed by atoms with van der Waals surface area (Å²) in [7, 11) is 0. The second-order valence-corrected chi connectivity index (χ2v) is 15.8. The fourth-order valence-electron chi connectivity index (χ4n) is 12.0. The van der Waals surface area contributed by atoms with Gasteiger partial charge in [-0.3, -0.25) is 0 Å². The van der Waals surface area contributed by atoms with Crippen molar-refractivity contribution in [2.45, 2.75) is 88.4 Å². The van der Waals surface area contributed by atoms with Crippen LogP contribution in [0.1, 0.15) is 99.8 Å². The minimum atomic E-state index is 0.0804. The van der Waals surface area contributed by atoms with E-state index < -0.39 is 0 Å². The number of benzene rings is 5. The van der Waals surface area contributed by atoms with Gasteiger partial charge in [0.25, 0.3) is 0 Å². The monoisotopic (exact) mass is 625 g/mol. The maximum Gasteiger partial charge on any atom is 0.0509 e. The minimum Gasteiger partial charge on any atom is -0.310 e. The maximum atomic E-state index is 2.66. The molecule has 1 nitrogen and oxygen atoms in total. The Bertz CT molecular complexity index is 2000. The molecule has 0 saturated heterocycles. The van der Waals surface area contributed by atoms with E-state index in [2.05, 4.69) is 127 Å². The quantitative estimate of drug-likeness (QED) is 0.192. The van der Waals surface area contributed by atoms with Crippen LogP contribution in [0.2, 0.25) is 0 Å². The Labute approximate surface area is 287 Å². The Balaban J connectivity index is 1.22. The average molecular weight is 626 g/mol. The van der Waals surface area contributed by atoms with Crippen LogP contribution in [-0.4, -0.2) is 0 Å². The van der Waals surface area contributed by atoms with Crippen LogP contribution in [0, 0.1) is 17.8 Å². The Kier molecular flexibility index (Phi) is 6.59. The molecule has 0 aromatic heterocycles. The van der Waals surface area contributed by atoms with E-state index in [1.807, 2.05) is 0 Å². The van der Waals surface area contributed by atoms with E-state index in [1.165, 1.54) is 110 Å². The zero-order valence-corrected chi connectivity index (χ0v) is 28.4. The summed E-state index contributed by atoms with van der Waals surface area (Å²) in [6.45, 7) is 2.43. The zero-order valence-electron chi connectivity index (χ0n) is 28.4. The van der Waals surface area contributed by atoms with Crippen LogP contribution in [0.15, 0.2) is 115 Å². The molecule has 1 heteroatoms. The number of anilines is 3. The van der Waals surface area contributed by atoms with E-state index in [4.69, 9.17) is 0 Å². The average Bonchev–Trinajstić information content (AvgIpc) is 3.57. The topological polar surface area (TPSA) is 3.24 Å². The van der Waals surface area contributed by atoms with E-state index in [-0.39, 0.29) is 10.8 Å². The van der Waals surface area contributed by atoms with Crippen molar-refractivity contribution in [3.8, 4) is 22.3 Å². The summed E-state index contributed by atoms with van der Waals surface area (Å²) in [5.74, 6) is 2.23. The summed E-state index contributed by atoms with van der Waals surface area (Å²) in [6, 6.07) is 45.0. The Hall–Kier alpha value is -4.10. The zero-order chi connectivity index (χ0) is 31.9. The van der Waals surface area contributed by atoms with Crippen LogP contribution in [0.3, 0.4) is 0 Å². The standard InChI is InChI=1S/C47H47N/c1-2-32-29-33-15-13-16-34(30-32)47(33)42-23-10-8-20-38(42)40-21-14-24-44(45(40)47)48(35-17-5-3-6-18-35)36-25-26-39-37-19-7-9-22-41(37)46(43(39)31-36)27-11-4-12-28-46/h3,5-10,14,17-26,31-34H,2,4,11-13,15-16,27-30H2,1H3. The smallest absolute Gasteiger partial charge is 0.0509 e. The highest BCUT2D eigenvalue weighted by molar-refractivity contribution is 5.92. The third-order valence-corrected chi connectivity index (χ3v) is 13.8. The Morgan fingerprint density at radius 3 is 1.96 bits per heavy atom. The lowest BCUT2D eigenvalue weighted by atomic mass is 9.48. The van der Waals surface area contributed by atoms with Crippen molar-refractivity contribution in [2.24, 2.45) is 17.8 Å². The first kappa shape index (κ1) is 28.9. The molecule has 2 bridgehead atoms. The fraction of sp³-hybridized carbons (Fsp3) is 0.362. The largest absolute Gasteiger partial charge is 0.310 e. The van der Waals surface area contributed by atoms with Gasteiger partial charge in [0.05, 0.1) is 5.69 Å². The highest BCUT2D eigenvalue weighted by Crippen LogP contribution is 2.68. The summed E-state index contributed by atoms with van der Waals surface area (Å²) in [5.41, 5.74) is 16.4. The van der Waals surface area contributed by atoms with Crippen molar-refractivity contribution in [2.75, 3.05) is 4.90 Å². The number of hydrogen-bond acceptors (Lipinski definition) is 1. The van der Waals surface area contributed by atoms with Crippen molar-refractivity contribution in [3.63, 3.8) is 0 Å². The molecule has 240 valence electrons. The van der Waals surface area contributed by atoms with Gasteiger partial charge in [-0.2, -0.15) is 0 Å². The molecule has 10 rings (SSSR count). The van der Waals surface area contributed by atoms with Crippen LogP contribution in [-0.2, 0) is 10.8 Å². The van der Waals surface area contributed by atoms with Crippen LogP contribution in [0.5, 0.6) is 0 Å². The second-order valence-electron chi connectivity index (χ2n) is 15.8. The van der Waals surface area contributed by atoms with E-state index in [9.17, 15) is 0 Å². The molecule has 5 aliphatic rings. The van der Waals surface area contributed by atoms with Gasteiger partial charge in [-0.25, -0.2) is 0 Å². The molecule has 0 amide bonds. The number of nitrogens with zero attached hydrogens (tertiary/aromatic N) is 1. The van der Waals surface area contributed by atoms with Gasteiger partial charge in [0.2, 0.25) is 0 Å². The first-order valence-corrected chi connectivity index (χ1v) is 19.1. The van der Waals surface area contributed by atoms with Gasteiger partial charge in [0.15, 0.2) is 0 Å². The summed E-state index contributed by atoms with van der Waals surface area (Å²) in [4.78, 5) is 2.66. The molecule has 0 radical (unpaired) electrons. The number of fused-ring (bicyclic) bond motifs is 8. The van der Waals surface area contributed by atoms with E-state index >= 15 is 0 Å². The summed E-state index contributed by atoms with van der Waals surface area (Å²) >= 11 is 0. The molecule has 0 N–H and O–H groups in total. The normalized spacial score (nSPS) is 25.7. The predicted octanol–water partition coefficient (Wildman–Crippen LogP) is 12.9. The molecule has 0 heterocycles. The molecule has 5 aromatic carbocycles. The third-order valence-electron chi connectivity index (χ3n) is 13.8. The van der Waals surface area contributed by atoms with E-state index in [0.717, 1.165) is 5.92 Å². The van der Waals surface area contributed by atoms with Gasteiger partial charge in [0.1, 0.15) is 0 Å². The Morgan fingerprint density at radius 1 is 0.562 bits per heavy atom. The summed E-state index contributed by atoms with van der Waals surface area (Å²) < 4.78 is 0. The number of hydrogen-bond donors (Lipinski definition) is 0. The van der Waals surface area contributed by atoms with E-state index in [1.54, 1.807) is 22.3 Å². The van der Waals surface area contributed by atoms with Crippen molar-refractivity contribution >= 4 is 17.1 Å². The molecule has 3 fully saturated rings. The lowest BCUT2D eigenvalue weighted by Gasteiger charge is -2.55.